The summed E-state index contributed by atoms with van der Waals surface area (Å²) in [5.41, 5.74) is 2.33. The van der Waals surface area contributed by atoms with Gasteiger partial charge in [0.05, 0.1) is 18.3 Å². The molecular formula is C22H19N5O2. The third-order valence-corrected chi connectivity index (χ3v) is 5.05. The van der Waals surface area contributed by atoms with E-state index in [1.165, 1.54) is 11.8 Å². The van der Waals surface area contributed by atoms with Crippen LogP contribution in [0.4, 0.5) is 11.9 Å². The summed E-state index contributed by atoms with van der Waals surface area (Å²) in [4.78, 5) is 16.8. The van der Waals surface area contributed by atoms with Gasteiger partial charge in [0.2, 0.25) is 5.95 Å². The van der Waals surface area contributed by atoms with Crippen molar-refractivity contribution in [2.24, 2.45) is 0 Å². The van der Waals surface area contributed by atoms with Crippen molar-refractivity contribution in [3.63, 3.8) is 0 Å². The summed E-state index contributed by atoms with van der Waals surface area (Å²) in [6.07, 6.45) is 2.27. The molecule has 1 aliphatic heterocycles. The number of furan rings is 1. The van der Waals surface area contributed by atoms with Gasteiger partial charge in [-0.05, 0) is 29.7 Å². The zero-order chi connectivity index (χ0) is 19.6. The first kappa shape index (κ1) is 17.2. The Morgan fingerprint density at radius 2 is 1.72 bits per heavy atom. The van der Waals surface area contributed by atoms with Gasteiger partial charge in [0.25, 0.3) is 11.9 Å². The van der Waals surface area contributed by atoms with Gasteiger partial charge in [0.15, 0.2) is 5.76 Å². The van der Waals surface area contributed by atoms with Crippen molar-refractivity contribution >= 4 is 17.8 Å². The molecule has 0 saturated carbocycles. The summed E-state index contributed by atoms with van der Waals surface area (Å²) >= 11 is 0. The first-order valence-electron chi connectivity index (χ1n) is 9.46. The molecule has 2 atom stereocenters. The Morgan fingerprint density at radius 1 is 1.00 bits per heavy atom. The lowest BCUT2D eigenvalue weighted by molar-refractivity contribution is 0.0995. The summed E-state index contributed by atoms with van der Waals surface area (Å²) in [7, 11) is 0. The molecule has 2 aromatic carbocycles. The number of benzene rings is 2. The summed E-state index contributed by atoms with van der Waals surface area (Å²) in [5.74, 6) is 0.693. The van der Waals surface area contributed by atoms with E-state index >= 15 is 0 Å². The number of carbonyl (C=O) groups excluding carboxylic acids is 1. The molecule has 29 heavy (non-hydrogen) atoms. The second-order valence-electron chi connectivity index (χ2n) is 6.90. The molecule has 1 aliphatic rings. The van der Waals surface area contributed by atoms with E-state index in [2.05, 4.69) is 45.0 Å². The molecule has 144 valence electrons. The van der Waals surface area contributed by atoms with Gasteiger partial charge < -0.3 is 9.73 Å². The van der Waals surface area contributed by atoms with E-state index in [9.17, 15) is 4.79 Å². The number of anilines is 2. The van der Waals surface area contributed by atoms with Crippen LogP contribution < -0.4 is 10.6 Å². The van der Waals surface area contributed by atoms with Crippen molar-refractivity contribution in [1.82, 2.24) is 14.8 Å². The highest BCUT2D eigenvalue weighted by Crippen LogP contribution is 2.38. The smallest absolute Gasteiger partial charge is 0.293 e. The number of rotatable bonds is 4. The predicted molar refractivity (Wildman–Crippen MR) is 109 cm³/mol. The SMILES string of the molecule is O=C(Nc1nc2n(n1)[C@H](c1ccccc1)C[C@H](c1ccccc1)N2)c1ccco1. The Balaban J connectivity index is 1.49. The number of hydrogen-bond donors (Lipinski definition) is 2. The highest BCUT2D eigenvalue weighted by atomic mass is 16.3. The molecule has 3 heterocycles. The van der Waals surface area contributed by atoms with E-state index in [4.69, 9.17) is 4.42 Å². The topological polar surface area (TPSA) is 85.0 Å². The van der Waals surface area contributed by atoms with Crippen LogP contribution in [0.1, 0.15) is 40.2 Å². The zero-order valence-corrected chi connectivity index (χ0v) is 15.5. The summed E-state index contributed by atoms with van der Waals surface area (Å²) in [6.45, 7) is 0. The van der Waals surface area contributed by atoms with E-state index in [1.807, 2.05) is 41.1 Å². The summed E-state index contributed by atoms with van der Waals surface area (Å²) in [6, 6.07) is 23.8. The molecule has 0 aliphatic carbocycles. The third kappa shape index (κ3) is 3.38. The van der Waals surface area contributed by atoms with Crippen LogP contribution in [0.25, 0.3) is 0 Å². The minimum absolute atomic E-state index is 0.000536. The fraction of sp³-hybridized carbons (Fsp3) is 0.136. The Hall–Kier alpha value is -3.87. The van der Waals surface area contributed by atoms with Gasteiger partial charge in [-0.25, -0.2) is 4.68 Å². The number of aromatic nitrogens is 3. The van der Waals surface area contributed by atoms with E-state index in [0.29, 0.717) is 5.95 Å². The molecule has 0 spiro atoms. The molecule has 7 heteroatoms. The Labute approximate surface area is 167 Å². The van der Waals surface area contributed by atoms with Gasteiger partial charge in [-0.2, -0.15) is 4.98 Å². The molecule has 2 aromatic heterocycles. The Morgan fingerprint density at radius 3 is 2.41 bits per heavy atom. The second kappa shape index (κ2) is 7.27. The van der Waals surface area contributed by atoms with Crippen LogP contribution in [0.2, 0.25) is 0 Å². The van der Waals surface area contributed by atoms with E-state index in [-0.39, 0.29) is 29.7 Å². The van der Waals surface area contributed by atoms with E-state index in [1.54, 1.807) is 12.1 Å². The minimum atomic E-state index is -0.381. The Bertz CT molecular complexity index is 1110. The number of nitrogens with one attached hydrogen (secondary N) is 2. The van der Waals surface area contributed by atoms with Crippen LogP contribution in [-0.2, 0) is 0 Å². The fourth-order valence-electron chi connectivity index (χ4n) is 3.66. The molecule has 1 amide bonds. The molecule has 0 radical (unpaired) electrons. The quantitative estimate of drug-likeness (QED) is 0.548. The fourth-order valence-corrected chi connectivity index (χ4v) is 3.66. The van der Waals surface area contributed by atoms with Crippen LogP contribution in [0.5, 0.6) is 0 Å². The average Bonchev–Trinajstić information content (AvgIpc) is 3.44. The molecule has 5 rings (SSSR count). The van der Waals surface area contributed by atoms with Gasteiger partial charge in [-0.1, -0.05) is 60.7 Å². The molecule has 7 nitrogen and oxygen atoms in total. The maximum atomic E-state index is 12.3. The lowest BCUT2D eigenvalue weighted by atomic mass is 9.93. The van der Waals surface area contributed by atoms with Crippen LogP contribution >= 0.6 is 0 Å². The highest BCUT2D eigenvalue weighted by Gasteiger charge is 2.31. The number of hydrogen-bond acceptors (Lipinski definition) is 5. The molecule has 4 aromatic rings. The molecule has 0 unspecified atom stereocenters. The van der Waals surface area contributed by atoms with Crippen LogP contribution in [0, 0.1) is 0 Å². The van der Waals surface area contributed by atoms with Crippen molar-refractivity contribution in [3.05, 3.63) is 95.9 Å². The molecular weight excluding hydrogens is 366 g/mol. The van der Waals surface area contributed by atoms with E-state index in [0.717, 1.165) is 12.0 Å². The average molecular weight is 385 g/mol. The normalized spacial score (nSPS) is 17.9. The number of fused-ring (bicyclic) bond motifs is 1. The lowest BCUT2D eigenvalue weighted by Crippen LogP contribution is -2.28. The van der Waals surface area contributed by atoms with E-state index < -0.39 is 0 Å². The largest absolute Gasteiger partial charge is 0.459 e. The monoisotopic (exact) mass is 385 g/mol. The van der Waals surface area contributed by atoms with Gasteiger partial charge in [-0.3, -0.25) is 10.1 Å². The highest BCUT2D eigenvalue weighted by molar-refractivity contribution is 6.01. The second-order valence-corrected chi connectivity index (χ2v) is 6.90. The first-order valence-corrected chi connectivity index (χ1v) is 9.46. The van der Waals surface area contributed by atoms with Gasteiger partial charge in [0, 0.05) is 0 Å². The van der Waals surface area contributed by atoms with Crippen molar-refractivity contribution < 1.29 is 9.21 Å². The lowest BCUT2D eigenvalue weighted by Gasteiger charge is -2.31. The van der Waals surface area contributed by atoms with Crippen LogP contribution in [0.15, 0.2) is 83.5 Å². The van der Waals surface area contributed by atoms with Crippen LogP contribution in [-0.4, -0.2) is 20.7 Å². The van der Waals surface area contributed by atoms with Gasteiger partial charge in [0.1, 0.15) is 0 Å². The standard InChI is InChI=1S/C22H19N5O2/c28-20(19-12-7-13-29-19)24-21-25-22-23-17(15-8-3-1-4-9-15)14-18(27(22)26-21)16-10-5-2-6-11-16/h1-13,17-18H,14H2,(H2,23,24,25,26,28)/t17-,18+/m1/s1. The van der Waals surface area contributed by atoms with Crippen molar-refractivity contribution in [3.8, 4) is 0 Å². The molecule has 0 saturated heterocycles. The first-order chi connectivity index (χ1) is 14.3. The Kier molecular flexibility index (Phi) is 4.32. The minimum Gasteiger partial charge on any atom is -0.459 e. The number of carbonyl (C=O) groups is 1. The zero-order valence-electron chi connectivity index (χ0n) is 15.5. The molecule has 2 N–H and O–H groups in total. The van der Waals surface area contributed by atoms with Gasteiger partial charge in [-0.15, -0.1) is 5.10 Å². The number of amides is 1. The van der Waals surface area contributed by atoms with Crippen LogP contribution in [0.3, 0.4) is 0 Å². The van der Waals surface area contributed by atoms with Crippen molar-refractivity contribution in [2.75, 3.05) is 10.6 Å². The maximum absolute atomic E-state index is 12.3. The molecule has 0 bridgehead atoms. The number of nitrogens with zero attached hydrogens (tertiary/aromatic N) is 3. The predicted octanol–water partition coefficient (Wildman–Crippen LogP) is 4.27. The summed E-state index contributed by atoms with van der Waals surface area (Å²) < 4.78 is 6.98. The van der Waals surface area contributed by atoms with Gasteiger partial charge >= 0.3 is 0 Å². The van der Waals surface area contributed by atoms with Crippen molar-refractivity contribution in [2.45, 2.75) is 18.5 Å². The molecule has 0 fully saturated rings. The van der Waals surface area contributed by atoms with Crippen molar-refractivity contribution in [1.29, 1.82) is 0 Å². The third-order valence-electron chi connectivity index (χ3n) is 5.05. The maximum Gasteiger partial charge on any atom is 0.293 e. The summed E-state index contributed by atoms with van der Waals surface area (Å²) in [5, 5.41) is 10.7.